The van der Waals surface area contributed by atoms with E-state index in [4.69, 9.17) is 4.74 Å². The molecular weight excluding hydrogens is 182 g/mol. The van der Waals surface area contributed by atoms with Crippen molar-refractivity contribution in [3.8, 4) is 0 Å². The predicted molar refractivity (Wildman–Crippen MR) is 51.6 cm³/mol. The summed E-state index contributed by atoms with van der Waals surface area (Å²) in [6.45, 7) is 6.37. The van der Waals surface area contributed by atoms with Gasteiger partial charge in [0.2, 0.25) is 5.91 Å². The van der Waals surface area contributed by atoms with E-state index in [1.807, 2.05) is 6.92 Å². The highest BCUT2D eigenvalue weighted by Crippen LogP contribution is 2.16. The molecule has 1 fully saturated rings. The third kappa shape index (κ3) is 3.01. The average Bonchev–Trinajstić information content (AvgIpc) is 2.28. The standard InChI is InChI=1S/C10H17NO3/c1-7(2)14-10(13)6-11-5-8(3)4-9(11)12/h7-8H,4-6H2,1-3H3. The maximum Gasteiger partial charge on any atom is 0.325 e. The van der Waals surface area contributed by atoms with E-state index < -0.39 is 0 Å². The van der Waals surface area contributed by atoms with Gasteiger partial charge in [-0.2, -0.15) is 0 Å². The molecule has 14 heavy (non-hydrogen) atoms. The Balaban J connectivity index is 2.37. The molecule has 0 aromatic heterocycles. The second-order valence-electron chi connectivity index (χ2n) is 4.12. The molecule has 4 nitrogen and oxygen atoms in total. The van der Waals surface area contributed by atoms with E-state index in [2.05, 4.69) is 0 Å². The Bertz CT molecular complexity index is 238. The summed E-state index contributed by atoms with van der Waals surface area (Å²) in [5.74, 6) is 0.0926. The number of ether oxygens (including phenoxy) is 1. The summed E-state index contributed by atoms with van der Waals surface area (Å²) >= 11 is 0. The summed E-state index contributed by atoms with van der Waals surface area (Å²) in [6, 6.07) is 0. The van der Waals surface area contributed by atoms with E-state index in [9.17, 15) is 9.59 Å². The highest BCUT2D eigenvalue weighted by atomic mass is 16.5. The van der Waals surface area contributed by atoms with E-state index in [0.29, 0.717) is 18.9 Å². The smallest absolute Gasteiger partial charge is 0.325 e. The molecule has 4 heteroatoms. The lowest BCUT2D eigenvalue weighted by Crippen LogP contribution is -2.33. The highest BCUT2D eigenvalue weighted by molar-refractivity contribution is 5.83. The molecule has 0 aromatic rings. The fourth-order valence-electron chi connectivity index (χ4n) is 1.58. The Kier molecular flexibility index (Phi) is 3.49. The highest BCUT2D eigenvalue weighted by Gasteiger charge is 2.28. The minimum Gasteiger partial charge on any atom is -0.462 e. The van der Waals surface area contributed by atoms with Crippen LogP contribution in [0.25, 0.3) is 0 Å². The van der Waals surface area contributed by atoms with Gasteiger partial charge >= 0.3 is 5.97 Å². The van der Waals surface area contributed by atoms with Crippen LogP contribution in [0.15, 0.2) is 0 Å². The van der Waals surface area contributed by atoms with E-state index in [1.165, 1.54) is 0 Å². The average molecular weight is 199 g/mol. The number of hydrogen-bond acceptors (Lipinski definition) is 3. The Hall–Kier alpha value is -1.06. The zero-order chi connectivity index (χ0) is 10.7. The van der Waals surface area contributed by atoms with Gasteiger partial charge in [0.25, 0.3) is 0 Å². The van der Waals surface area contributed by atoms with Crippen LogP contribution in [0, 0.1) is 5.92 Å². The van der Waals surface area contributed by atoms with Crippen molar-refractivity contribution in [1.29, 1.82) is 0 Å². The summed E-state index contributed by atoms with van der Waals surface area (Å²) in [6.07, 6.45) is 0.437. The quantitative estimate of drug-likeness (QED) is 0.632. The fourth-order valence-corrected chi connectivity index (χ4v) is 1.58. The van der Waals surface area contributed by atoms with Crippen LogP contribution >= 0.6 is 0 Å². The molecule has 0 spiro atoms. The van der Waals surface area contributed by atoms with Gasteiger partial charge in [-0.25, -0.2) is 0 Å². The molecule has 1 aliphatic rings. The van der Waals surface area contributed by atoms with Gasteiger partial charge in [0.1, 0.15) is 6.54 Å². The van der Waals surface area contributed by atoms with Crippen LogP contribution < -0.4 is 0 Å². The molecular formula is C10H17NO3. The molecule has 1 heterocycles. The molecule has 80 valence electrons. The number of carbonyl (C=O) groups excluding carboxylic acids is 2. The Morgan fingerprint density at radius 3 is 2.71 bits per heavy atom. The Morgan fingerprint density at radius 1 is 1.64 bits per heavy atom. The zero-order valence-electron chi connectivity index (χ0n) is 8.95. The lowest BCUT2D eigenvalue weighted by atomic mass is 10.2. The van der Waals surface area contributed by atoms with Crippen molar-refractivity contribution in [3.63, 3.8) is 0 Å². The van der Waals surface area contributed by atoms with Gasteiger partial charge < -0.3 is 9.64 Å². The molecule has 0 bridgehead atoms. The maximum absolute atomic E-state index is 11.3. The first-order valence-electron chi connectivity index (χ1n) is 4.96. The first-order chi connectivity index (χ1) is 6.49. The zero-order valence-corrected chi connectivity index (χ0v) is 8.95. The van der Waals surface area contributed by atoms with E-state index in [-0.39, 0.29) is 24.5 Å². The number of likely N-dealkylation sites (tertiary alicyclic amines) is 1. The summed E-state index contributed by atoms with van der Waals surface area (Å²) in [5, 5.41) is 0. The first-order valence-corrected chi connectivity index (χ1v) is 4.96. The molecule has 0 saturated carbocycles. The Labute approximate surface area is 84.2 Å². The van der Waals surface area contributed by atoms with Crippen LogP contribution in [0.4, 0.5) is 0 Å². The molecule has 1 aliphatic heterocycles. The number of rotatable bonds is 3. The van der Waals surface area contributed by atoms with Crippen molar-refractivity contribution in [2.75, 3.05) is 13.1 Å². The normalized spacial score (nSPS) is 21.9. The lowest BCUT2D eigenvalue weighted by Gasteiger charge is -2.16. The van der Waals surface area contributed by atoms with Gasteiger partial charge in [0.15, 0.2) is 0 Å². The summed E-state index contributed by atoms with van der Waals surface area (Å²) < 4.78 is 4.96. The molecule has 0 aliphatic carbocycles. The van der Waals surface area contributed by atoms with Gasteiger partial charge in [-0.1, -0.05) is 6.92 Å². The molecule has 1 amide bonds. The van der Waals surface area contributed by atoms with Gasteiger partial charge in [-0.15, -0.1) is 0 Å². The van der Waals surface area contributed by atoms with Crippen molar-refractivity contribution >= 4 is 11.9 Å². The summed E-state index contributed by atoms with van der Waals surface area (Å²) in [7, 11) is 0. The largest absolute Gasteiger partial charge is 0.462 e. The van der Waals surface area contributed by atoms with Crippen LogP contribution in [0.2, 0.25) is 0 Å². The Morgan fingerprint density at radius 2 is 2.29 bits per heavy atom. The van der Waals surface area contributed by atoms with E-state index in [1.54, 1.807) is 18.7 Å². The van der Waals surface area contributed by atoms with Crippen molar-refractivity contribution in [1.82, 2.24) is 4.90 Å². The predicted octanol–water partition coefficient (Wildman–Crippen LogP) is 0.806. The molecule has 1 unspecified atom stereocenters. The summed E-state index contributed by atoms with van der Waals surface area (Å²) in [5.41, 5.74) is 0. The third-order valence-electron chi connectivity index (χ3n) is 2.09. The SMILES string of the molecule is CC1CC(=O)N(CC(=O)OC(C)C)C1. The summed E-state index contributed by atoms with van der Waals surface area (Å²) in [4.78, 5) is 24.1. The van der Waals surface area contributed by atoms with Crippen LogP contribution in [0.5, 0.6) is 0 Å². The second kappa shape index (κ2) is 4.44. The molecule has 0 radical (unpaired) electrons. The molecule has 1 rings (SSSR count). The number of hydrogen-bond donors (Lipinski definition) is 0. The maximum atomic E-state index is 11.3. The third-order valence-corrected chi connectivity index (χ3v) is 2.09. The number of esters is 1. The second-order valence-corrected chi connectivity index (χ2v) is 4.12. The van der Waals surface area contributed by atoms with Crippen molar-refractivity contribution < 1.29 is 14.3 Å². The molecule has 1 atom stereocenters. The fraction of sp³-hybridized carbons (Fsp3) is 0.800. The molecule has 0 aromatic carbocycles. The lowest BCUT2D eigenvalue weighted by molar-refractivity contribution is -0.151. The number of amides is 1. The van der Waals surface area contributed by atoms with Crippen molar-refractivity contribution in [2.45, 2.75) is 33.3 Å². The van der Waals surface area contributed by atoms with Crippen molar-refractivity contribution in [3.05, 3.63) is 0 Å². The van der Waals surface area contributed by atoms with Crippen LogP contribution in [0.1, 0.15) is 27.2 Å². The van der Waals surface area contributed by atoms with Crippen LogP contribution in [-0.4, -0.2) is 36.0 Å². The first kappa shape index (κ1) is 11.0. The monoisotopic (exact) mass is 199 g/mol. The van der Waals surface area contributed by atoms with E-state index >= 15 is 0 Å². The number of nitrogens with zero attached hydrogens (tertiary/aromatic N) is 1. The molecule has 0 N–H and O–H groups in total. The van der Waals surface area contributed by atoms with Crippen LogP contribution in [0.3, 0.4) is 0 Å². The van der Waals surface area contributed by atoms with E-state index in [0.717, 1.165) is 0 Å². The van der Waals surface area contributed by atoms with Crippen molar-refractivity contribution in [2.24, 2.45) is 5.92 Å². The minimum atomic E-state index is -0.317. The van der Waals surface area contributed by atoms with Gasteiger partial charge in [-0.05, 0) is 19.8 Å². The van der Waals surface area contributed by atoms with Gasteiger partial charge in [-0.3, -0.25) is 9.59 Å². The number of carbonyl (C=O) groups is 2. The van der Waals surface area contributed by atoms with Gasteiger partial charge in [0, 0.05) is 13.0 Å². The van der Waals surface area contributed by atoms with Crippen LogP contribution in [-0.2, 0) is 14.3 Å². The van der Waals surface area contributed by atoms with Gasteiger partial charge in [0.05, 0.1) is 6.10 Å². The topological polar surface area (TPSA) is 46.6 Å². The molecule has 1 saturated heterocycles. The minimum absolute atomic E-state index is 0.0539.